The van der Waals surface area contributed by atoms with Crippen molar-refractivity contribution in [2.45, 2.75) is 5.54 Å². The average Bonchev–Trinajstić information content (AvgIpc) is 2.91. The van der Waals surface area contributed by atoms with Crippen LogP contribution in [0.5, 0.6) is 0 Å². The van der Waals surface area contributed by atoms with Gasteiger partial charge < -0.3 is 5.32 Å². The van der Waals surface area contributed by atoms with Crippen molar-refractivity contribution in [2.24, 2.45) is 0 Å². The highest BCUT2D eigenvalue weighted by atomic mass is 16.2. The molecule has 0 bridgehead atoms. The highest BCUT2D eigenvalue weighted by molar-refractivity contribution is 6.09. The number of carbonyl (C=O) groups excluding carboxylic acids is 2. The Hall–Kier alpha value is -3.10. The van der Waals surface area contributed by atoms with Gasteiger partial charge in [0.1, 0.15) is 0 Å². The molecule has 26 heavy (non-hydrogen) atoms. The number of imide groups is 1. The molecule has 3 amide bonds. The molecule has 0 unspecified atom stereocenters. The fourth-order valence-corrected chi connectivity index (χ4v) is 3.00. The standard InChI is InChI=1S/C21H21N3O2/c1-23(2)15-9-10-16-24-19(25)21(22-20(24)26,17-11-5-3-6-12-17)18-13-7-4-8-14-18/h3-8,11-14H,15-16H2,1-2H3,(H,22,26). The van der Waals surface area contributed by atoms with Crippen LogP contribution < -0.4 is 5.32 Å². The van der Waals surface area contributed by atoms with Crippen LogP contribution in [0.2, 0.25) is 0 Å². The van der Waals surface area contributed by atoms with Crippen molar-refractivity contribution in [1.82, 2.24) is 15.1 Å². The molecule has 0 spiro atoms. The summed E-state index contributed by atoms with van der Waals surface area (Å²) in [5, 5.41) is 2.91. The fraction of sp³-hybridized carbons (Fsp3) is 0.238. The Morgan fingerprint density at radius 3 is 1.96 bits per heavy atom. The third-order valence-electron chi connectivity index (χ3n) is 4.28. The minimum atomic E-state index is -1.22. The van der Waals surface area contributed by atoms with E-state index >= 15 is 0 Å². The molecule has 2 aromatic rings. The molecule has 2 aromatic carbocycles. The lowest BCUT2D eigenvalue weighted by atomic mass is 9.82. The molecular formula is C21H21N3O2. The molecule has 0 aliphatic carbocycles. The van der Waals surface area contributed by atoms with Gasteiger partial charge in [-0.15, -0.1) is 0 Å². The number of hydrogen-bond acceptors (Lipinski definition) is 3. The molecule has 0 saturated carbocycles. The number of nitrogens with zero attached hydrogens (tertiary/aromatic N) is 2. The van der Waals surface area contributed by atoms with E-state index in [0.717, 1.165) is 11.1 Å². The monoisotopic (exact) mass is 347 g/mol. The minimum Gasteiger partial charge on any atom is -0.315 e. The van der Waals surface area contributed by atoms with E-state index in [9.17, 15) is 9.59 Å². The Morgan fingerprint density at radius 2 is 1.46 bits per heavy atom. The second-order valence-electron chi connectivity index (χ2n) is 6.39. The van der Waals surface area contributed by atoms with Crippen LogP contribution in [0.3, 0.4) is 0 Å². The van der Waals surface area contributed by atoms with E-state index < -0.39 is 11.6 Å². The zero-order valence-corrected chi connectivity index (χ0v) is 14.9. The van der Waals surface area contributed by atoms with Crippen molar-refractivity contribution >= 4 is 11.9 Å². The summed E-state index contributed by atoms with van der Waals surface area (Å²) in [5.41, 5.74) is 0.240. The first kappa shape index (κ1) is 17.7. The zero-order valence-electron chi connectivity index (χ0n) is 14.9. The largest absolute Gasteiger partial charge is 0.326 e. The van der Waals surface area contributed by atoms with Crippen LogP contribution in [-0.2, 0) is 10.3 Å². The van der Waals surface area contributed by atoms with Crippen molar-refractivity contribution in [3.63, 3.8) is 0 Å². The Kier molecular flexibility index (Phi) is 5.06. The second-order valence-corrected chi connectivity index (χ2v) is 6.39. The number of urea groups is 1. The Labute approximate surface area is 153 Å². The third kappa shape index (κ3) is 3.19. The molecule has 1 aliphatic heterocycles. The number of hydrogen-bond donors (Lipinski definition) is 1. The van der Waals surface area contributed by atoms with Gasteiger partial charge in [-0.1, -0.05) is 72.5 Å². The van der Waals surface area contributed by atoms with Crippen molar-refractivity contribution in [1.29, 1.82) is 0 Å². The molecule has 1 saturated heterocycles. The predicted molar refractivity (Wildman–Crippen MR) is 100 cm³/mol. The molecule has 132 valence electrons. The van der Waals surface area contributed by atoms with Crippen molar-refractivity contribution < 1.29 is 9.59 Å². The van der Waals surface area contributed by atoms with Crippen LogP contribution in [0.25, 0.3) is 0 Å². The lowest BCUT2D eigenvalue weighted by Gasteiger charge is -2.27. The van der Waals surface area contributed by atoms with Crippen molar-refractivity contribution in [2.75, 3.05) is 27.2 Å². The van der Waals surface area contributed by atoms with Gasteiger partial charge in [-0.3, -0.25) is 9.69 Å². The third-order valence-corrected chi connectivity index (χ3v) is 4.28. The van der Waals surface area contributed by atoms with Gasteiger partial charge in [-0.2, -0.15) is 0 Å². The first-order valence-corrected chi connectivity index (χ1v) is 8.41. The molecular weight excluding hydrogens is 326 g/mol. The first-order chi connectivity index (χ1) is 12.6. The molecule has 1 heterocycles. The molecule has 1 N–H and O–H groups in total. The van der Waals surface area contributed by atoms with E-state index in [0.29, 0.717) is 6.54 Å². The van der Waals surface area contributed by atoms with Gasteiger partial charge in [0.05, 0.1) is 13.1 Å². The Bertz CT molecular complexity index is 812. The van der Waals surface area contributed by atoms with Crippen LogP contribution >= 0.6 is 0 Å². The Balaban J connectivity index is 1.99. The Morgan fingerprint density at radius 1 is 0.923 bits per heavy atom. The summed E-state index contributed by atoms with van der Waals surface area (Å²) in [6.45, 7) is 0.645. The lowest BCUT2D eigenvalue weighted by molar-refractivity contribution is -0.129. The van der Waals surface area contributed by atoms with E-state index in [1.807, 2.05) is 79.7 Å². The van der Waals surface area contributed by atoms with Gasteiger partial charge in [0.25, 0.3) is 5.91 Å². The fourth-order valence-electron chi connectivity index (χ4n) is 3.00. The first-order valence-electron chi connectivity index (χ1n) is 8.41. The average molecular weight is 347 g/mol. The van der Waals surface area contributed by atoms with Gasteiger partial charge in [-0.25, -0.2) is 9.69 Å². The molecule has 1 fully saturated rings. The summed E-state index contributed by atoms with van der Waals surface area (Å²) in [6.07, 6.45) is 0. The van der Waals surface area contributed by atoms with Gasteiger partial charge in [0.2, 0.25) is 0 Å². The number of amides is 3. The molecule has 0 atom stereocenters. The molecule has 3 rings (SSSR count). The number of benzene rings is 2. The number of nitrogens with one attached hydrogen (secondary N) is 1. The normalized spacial score (nSPS) is 15.6. The van der Waals surface area contributed by atoms with E-state index in [2.05, 4.69) is 17.2 Å². The molecule has 1 aliphatic rings. The van der Waals surface area contributed by atoms with Crippen molar-refractivity contribution in [3.8, 4) is 11.8 Å². The summed E-state index contributed by atoms with van der Waals surface area (Å²) in [4.78, 5) is 29.0. The van der Waals surface area contributed by atoms with Gasteiger partial charge in [0.15, 0.2) is 5.54 Å². The molecule has 5 heteroatoms. The quantitative estimate of drug-likeness (QED) is 0.680. The minimum absolute atomic E-state index is 0.0694. The van der Waals surface area contributed by atoms with Crippen LogP contribution in [0.15, 0.2) is 60.7 Å². The van der Waals surface area contributed by atoms with Crippen LogP contribution in [0.1, 0.15) is 11.1 Å². The highest BCUT2D eigenvalue weighted by Gasteiger charge is 2.53. The van der Waals surface area contributed by atoms with Crippen LogP contribution in [0.4, 0.5) is 4.79 Å². The smallest absolute Gasteiger partial charge is 0.315 e. The summed E-state index contributed by atoms with van der Waals surface area (Å²) in [7, 11) is 3.83. The number of carbonyl (C=O) groups is 2. The van der Waals surface area contributed by atoms with Crippen molar-refractivity contribution in [3.05, 3.63) is 71.8 Å². The van der Waals surface area contributed by atoms with E-state index in [-0.39, 0.29) is 12.5 Å². The SMILES string of the molecule is CN(C)CC#CCN1C(=O)NC(c2ccccc2)(c2ccccc2)C1=O. The van der Waals surface area contributed by atoms with E-state index in [1.54, 1.807) is 0 Å². The van der Waals surface area contributed by atoms with E-state index in [4.69, 9.17) is 0 Å². The van der Waals surface area contributed by atoms with Gasteiger partial charge >= 0.3 is 6.03 Å². The highest BCUT2D eigenvalue weighted by Crippen LogP contribution is 2.35. The summed E-state index contributed by atoms with van der Waals surface area (Å²) < 4.78 is 0. The topological polar surface area (TPSA) is 52.6 Å². The maximum absolute atomic E-state index is 13.3. The van der Waals surface area contributed by atoms with Crippen LogP contribution in [-0.4, -0.2) is 48.9 Å². The van der Waals surface area contributed by atoms with Gasteiger partial charge in [-0.05, 0) is 25.2 Å². The molecule has 5 nitrogen and oxygen atoms in total. The molecule has 0 radical (unpaired) electrons. The summed E-state index contributed by atoms with van der Waals surface area (Å²) in [5.74, 6) is 5.57. The predicted octanol–water partition coefficient (Wildman–Crippen LogP) is 2.05. The second kappa shape index (κ2) is 7.42. The summed E-state index contributed by atoms with van der Waals surface area (Å²) >= 11 is 0. The maximum Gasteiger partial charge on any atom is 0.326 e. The van der Waals surface area contributed by atoms with Gasteiger partial charge in [0, 0.05) is 0 Å². The zero-order chi connectivity index (χ0) is 18.6. The summed E-state index contributed by atoms with van der Waals surface area (Å²) in [6, 6.07) is 18.2. The van der Waals surface area contributed by atoms with Crippen LogP contribution in [0, 0.1) is 11.8 Å². The lowest BCUT2D eigenvalue weighted by Crippen LogP contribution is -2.45. The molecule has 0 aromatic heterocycles. The number of rotatable bonds is 4. The van der Waals surface area contributed by atoms with E-state index in [1.165, 1.54) is 4.90 Å². The maximum atomic E-state index is 13.3.